The fourth-order valence-electron chi connectivity index (χ4n) is 3.70. The number of halogens is 2. The average molecular weight is 552 g/mol. The number of H-pyrrole nitrogens is 1. The molecule has 0 saturated heterocycles. The first-order chi connectivity index (χ1) is 18.3. The van der Waals surface area contributed by atoms with Crippen LogP contribution in [0.1, 0.15) is 12.5 Å². The van der Waals surface area contributed by atoms with E-state index in [9.17, 15) is 12.8 Å². The number of hydrogen-bond acceptors (Lipinski definition) is 6. The molecule has 194 valence electrons. The van der Waals surface area contributed by atoms with E-state index in [1.165, 1.54) is 12.1 Å². The number of nitrogens with zero attached hydrogens (tertiary/aromatic N) is 2. The molecule has 11 heteroatoms. The zero-order valence-corrected chi connectivity index (χ0v) is 21.8. The summed E-state index contributed by atoms with van der Waals surface area (Å²) < 4.78 is 46.2. The maximum absolute atomic E-state index is 13.3. The molecule has 0 saturated carbocycles. The number of anilines is 3. The molecular formula is C27H23ClFN5O3S. The van der Waals surface area contributed by atoms with E-state index in [1.54, 1.807) is 49.4 Å². The number of fused-ring (bicyclic) bond motifs is 1. The van der Waals surface area contributed by atoms with Crippen molar-refractivity contribution in [3.8, 4) is 17.0 Å². The number of benzene rings is 3. The maximum atomic E-state index is 13.3. The zero-order valence-electron chi connectivity index (χ0n) is 20.2. The van der Waals surface area contributed by atoms with Gasteiger partial charge in [-0.3, -0.25) is 9.82 Å². The van der Waals surface area contributed by atoms with Crippen molar-refractivity contribution >= 4 is 49.9 Å². The van der Waals surface area contributed by atoms with Crippen LogP contribution < -0.4 is 14.8 Å². The maximum Gasteiger partial charge on any atom is 0.232 e. The summed E-state index contributed by atoms with van der Waals surface area (Å²) in [6.07, 6.45) is 0. The highest BCUT2D eigenvalue weighted by Gasteiger charge is 2.15. The number of rotatable bonds is 9. The van der Waals surface area contributed by atoms with E-state index in [0.717, 1.165) is 22.0 Å². The fourth-order valence-corrected chi connectivity index (χ4v) is 4.51. The van der Waals surface area contributed by atoms with Crippen molar-refractivity contribution in [3.05, 3.63) is 95.3 Å². The minimum atomic E-state index is -3.53. The van der Waals surface area contributed by atoms with Gasteiger partial charge in [0, 0.05) is 22.0 Å². The van der Waals surface area contributed by atoms with Gasteiger partial charge >= 0.3 is 0 Å². The molecule has 2 aromatic heterocycles. The van der Waals surface area contributed by atoms with Gasteiger partial charge in [-0.25, -0.2) is 17.8 Å². The lowest BCUT2D eigenvalue weighted by Gasteiger charge is -2.14. The zero-order chi connectivity index (χ0) is 26.7. The lowest BCUT2D eigenvalue weighted by atomic mass is 10.1. The van der Waals surface area contributed by atoms with E-state index in [4.69, 9.17) is 16.3 Å². The predicted octanol–water partition coefficient (Wildman–Crippen LogP) is 6.50. The molecule has 0 spiro atoms. The number of pyridine rings is 1. The van der Waals surface area contributed by atoms with Crippen molar-refractivity contribution in [2.24, 2.45) is 0 Å². The van der Waals surface area contributed by atoms with Gasteiger partial charge in [-0.2, -0.15) is 5.10 Å². The van der Waals surface area contributed by atoms with E-state index >= 15 is 0 Å². The highest BCUT2D eigenvalue weighted by molar-refractivity contribution is 7.92. The fraction of sp³-hybridized carbons (Fsp3) is 0.111. The molecule has 0 radical (unpaired) electrons. The third-order valence-corrected chi connectivity index (χ3v) is 7.26. The largest absolute Gasteiger partial charge is 0.487 e. The van der Waals surface area contributed by atoms with E-state index in [0.29, 0.717) is 33.8 Å². The third kappa shape index (κ3) is 6.04. The second kappa shape index (κ2) is 10.7. The molecule has 0 aliphatic heterocycles. The first-order valence-corrected chi connectivity index (χ1v) is 13.7. The van der Waals surface area contributed by atoms with Gasteiger partial charge in [0.1, 0.15) is 24.0 Å². The first-order valence-electron chi connectivity index (χ1n) is 11.7. The molecular weight excluding hydrogens is 529 g/mol. The average Bonchev–Trinajstić information content (AvgIpc) is 3.37. The molecule has 5 rings (SSSR count). The molecule has 0 bridgehead atoms. The molecule has 0 unspecified atom stereocenters. The number of aromatic amines is 1. The van der Waals surface area contributed by atoms with Crippen LogP contribution in [0.25, 0.3) is 22.2 Å². The van der Waals surface area contributed by atoms with E-state index in [2.05, 4.69) is 25.2 Å². The van der Waals surface area contributed by atoms with Gasteiger partial charge in [-0.1, -0.05) is 35.9 Å². The Kier molecular flexibility index (Phi) is 7.17. The van der Waals surface area contributed by atoms with E-state index < -0.39 is 10.0 Å². The summed E-state index contributed by atoms with van der Waals surface area (Å²) in [6.45, 7) is 1.67. The lowest BCUT2D eigenvalue weighted by Crippen LogP contribution is -2.15. The molecule has 0 aliphatic rings. The molecule has 5 aromatic rings. The standard InChI is InChI=1S/C27H23ClFN5O3S/c1-2-38(35,36)34-22-11-6-19(13-25(22)37-16-17-3-9-21(29)10-4-17)24-15-27(33-32-24)31-26-12-7-18-5-8-20(28)14-23(18)30-26/h3-15,34H,2,16H2,1H3,(H2,30,31,32,33). The van der Waals surface area contributed by atoms with Crippen LogP contribution in [0.2, 0.25) is 5.02 Å². The minimum absolute atomic E-state index is 0.0866. The molecule has 0 aliphatic carbocycles. The van der Waals surface area contributed by atoms with Crippen molar-refractivity contribution in [1.29, 1.82) is 0 Å². The van der Waals surface area contributed by atoms with Gasteiger partial charge < -0.3 is 10.1 Å². The quantitative estimate of drug-likeness (QED) is 0.193. The Hall–Kier alpha value is -4.15. The van der Waals surface area contributed by atoms with Gasteiger partial charge in [0.25, 0.3) is 0 Å². The second-order valence-electron chi connectivity index (χ2n) is 8.46. The van der Waals surface area contributed by atoms with Crippen molar-refractivity contribution < 1.29 is 17.5 Å². The van der Waals surface area contributed by atoms with E-state index in [-0.39, 0.29) is 18.2 Å². The Morgan fingerprint density at radius 1 is 0.974 bits per heavy atom. The molecule has 38 heavy (non-hydrogen) atoms. The minimum Gasteiger partial charge on any atom is -0.487 e. The summed E-state index contributed by atoms with van der Waals surface area (Å²) in [6, 6.07) is 22.1. The number of sulfonamides is 1. The van der Waals surface area contributed by atoms with Crippen LogP contribution in [0.4, 0.5) is 21.7 Å². The number of ether oxygens (including phenoxy) is 1. The summed E-state index contributed by atoms with van der Waals surface area (Å²) in [5, 5.41) is 12.0. The van der Waals surface area contributed by atoms with Crippen LogP contribution >= 0.6 is 11.6 Å². The SMILES string of the molecule is CCS(=O)(=O)Nc1ccc(-c2cc(Nc3ccc4ccc(Cl)cc4n3)n[nH]2)cc1OCc1ccc(F)cc1. The van der Waals surface area contributed by atoms with Crippen molar-refractivity contribution in [3.63, 3.8) is 0 Å². The summed E-state index contributed by atoms with van der Waals surface area (Å²) >= 11 is 6.09. The van der Waals surface area contributed by atoms with Crippen LogP contribution in [0, 0.1) is 5.82 Å². The Morgan fingerprint density at radius 3 is 2.55 bits per heavy atom. The molecule has 0 atom stereocenters. The van der Waals surface area contributed by atoms with Gasteiger partial charge in [0.05, 0.1) is 22.7 Å². The van der Waals surface area contributed by atoms with Gasteiger partial charge in [-0.15, -0.1) is 0 Å². The second-order valence-corrected chi connectivity index (χ2v) is 10.9. The summed E-state index contributed by atoms with van der Waals surface area (Å²) in [4.78, 5) is 4.58. The van der Waals surface area contributed by atoms with E-state index in [1.807, 2.05) is 24.3 Å². The molecule has 3 aromatic carbocycles. The van der Waals surface area contributed by atoms with Gasteiger partial charge in [-0.05, 0) is 61.0 Å². The molecule has 8 nitrogen and oxygen atoms in total. The van der Waals surface area contributed by atoms with Crippen LogP contribution in [0.3, 0.4) is 0 Å². The number of nitrogens with one attached hydrogen (secondary N) is 3. The van der Waals surface area contributed by atoms with Crippen molar-refractivity contribution in [2.45, 2.75) is 13.5 Å². The molecule has 3 N–H and O–H groups in total. The Balaban J connectivity index is 1.39. The molecule has 2 heterocycles. The van der Waals surface area contributed by atoms with Crippen molar-refractivity contribution in [1.82, 2.24) is 15.2 Å². The van der Waals surface area contributed by atoms with Crippen LogP contribution in [-0.4, -0.2) is 29.4 Å². The first kappa shape index (κ1) is 25.5. The summed E-state index contributed by atoms with van der Waals surface area (Å²) in [7, 11) is -3.53. The Labute approximate surface area is 223 Å². The summed E-state index contributed by atoms with van der Waals surface area (Å²) in [5.41, 5.74) is 3.18. The van der Waals surface area contributed by atoms with Crippen molar-refractivity contribution in [2.75, 3.05) is 15.8 Å². The lowest BCUT2D eigenvalue weighted by molar-refractivity contribution is 0.308. The van der Waals surface area contributed by atoms with Gasteiger partial charge in [0.15, 0.2) is 5.82 Å². The topological polar surface area (TPSA) is 109 Å². The predicted molar refractivity (Wildman–Crippen MR) is 148 cm³/mol. The number of hydrogen-bond donors (Lipinski definition) is 3. The number of aromatic nitrogens is 3. The van der Waals surface area contributed by atoms with Crippen LogP contribution in [0.5, 0.6) is 5.75 Å². The van der Waals surface area contributed by atoms with Crippen LogP contribution in [-0.2, 0) is 16.6 Å². The Bertz CT molecular complexity index is 1710. The van der Waals surface area contributed by atoms with Gasteiger partial charge in [0.2, 0.25) is 10.0 Å². The highest BCUT2D eigenvalue weighted by Crippen LogP contribution is 2.33. The Morgan fingerprint density at radius 2 is 1.76 bits per heavy atom. The normalized spacial score (nSPS) is 11.4. The van der Waals surface area contributed by atoms with Crippen LogP contribution in [0.15, 0.2) is 78.9 Å². The monoisotopic (exact) mass is 551 g/mol. The molecule has 0 fully saturated rings. The highest BCUT2D eigenvalue weighted by atomic mass is 35.5. The smallest absolute Gasteiger partial charge is 0.232 e. The third-order valence-electron chi connectivity index (χ3n) is 5.73. The molecule has 0 amide bonds. The summed E-state index contributed by atoms with van der Waals surface area (Å²) in [5.74, 6) is 1.03.